The third-order valence-electron chi connectivity index (χ3n) is 4.17. The molecule has 3 nitrogen and oxygen atoms in total. The van der Waals surface area contributed by atoms with Gasteiger partial charge in [-0.2, -0.15) is 5.10 Å². The fourth-order valence-corrected chi connectivity index (χ4v) is 2.91. The van der Waals surface area contributed by atoms with Gasteiger partial charge >= 0.3 is 0 Å². The molecule has 0 spiro atoms. The number of fused-ring (bicyclic) bond motifs is 1. The lowest BCUT2D eigenvalue weighted by molar-refractivity contribution is 0.475. The highest BCUT2D eigenvalue weighted by atomic mass is 19.1. The van der Waals surface area contributed by atoms with E-state index in [0.29, 0.717) is 5.56 Å². The van der Waals surface area contributed by atoms with Crippen LogP contribution in [0.15, 0.2) is 18.2 Å². The van der Waals surface area contributed by atoms with Gasteiger partial charge in [0.2, 0.25) is 0 Å². The molecule has 0 fully saturated rings. The van der Waals surface area contributed by atoms with Crippen LogP contribution >= 0.6 is 0 Å². The van der Waals surface area contributed by atoms with E-state index in [2.05, 4.69) is 19.2 Å². The molecule has 106 valence electrons. The van der Waals surface area contributed by atoms with E-state index < -0.39 is 0 Å². The van der Waals surface area contributed by atoms with E-state index in [-0.39, 0.29) is 11.9 Å². The molecule has 0 saturated heterocycles. The summed E-state index contributed by atoms with van der Waals surface area (Å²) in [5.41, 5.74) is 4.02. The van der Waals surface area contributed by atoms with Gasteiger partial charge in [0.15, 0.2) is 0 Å². The fourth-order valence-electron chi connectivity index (χ4n) is 2.91. The summed E-state index contributed by atoms with van der Waals surface area (Å²) in [6, 6.07) is 5.64. The monoisotopic (exact) mass is 273 g/mol. The van der Waals surface area contributed by atoms with Crippen LogP contribution in [0.1, 0.15) is 41.8 Å². The molecular formula is C16H20FN3. The first-order chi connectivity index (χ1) is 9.61. The van der Waals surface area contributed by atoms with Gasteiger partial charge in [-0.05, 0) is 43.9 Å². The zero-order chi connectivity index (χ0) is 14.3. The topological polar surface area (TPSA) is 29.9 Å². The Bertz CT molecular complexity index is 645. The molecule has 4 heteroatoms. The fraction of sp³-hybridized carbons (Fsp3) is 0.438. The minimum atomic E-state index is -0.137. The van der Waals surface area contributed by atoms with Crippen LogP contribution in [0.5, 0.6) is 0 Å². The summed E-state index contributed by atoms with van der Waals surface area (Å²) in [7, 11) is 0. The standard InChI is InChI=1S/C16H20FN3/c1-4-14-11(3)16-18-8-7-15(20(16)19-14)12-6-5-10(2)13(17)9-12/h5-6,9,15,18H,4,7-8H2,1-3H3. The molecule has 2 aromatic rings. The van der Waals surface area contributed by atoms with E-state index in [4.69, 9.17) is 5.10 Å². The van der Waals surface area contributed by atoms with Crippen LogP contribution in [0.4, 0.5) is 10.2 Å². The average Bonchev–Trinajstić information content (AvgIpc) is 2.79. The van der Waals surface area contributed by atoms with Crippen LogP contribution in [0.2, 0.25) is 0 Å². The van der Waals surface area contributed by atoms with Crippen LogP contribution < -0.4 is 5.32 Å². The number of aryl methyl sites for hydroxylation is 2. The predicted octanol–water partition coefficient (Wildman–Crippen LogP) is 3.61. The molecule has 1 atom stereocenters. The highest BCUT2D eigenvalue weighted by molar-refractivity contribution is 5.49. The molecule has 1 aromatic carbocycles. The Morgan fingerprint density at radius 2 is 2.20 bits per heavy atom. The lowest BCUT2D eigenvalue weighted by Crippen LogP contribution is -2.24. The van der Waals surface area contributed by atoms with Crippen molar-refractivity contribution >= 4 is 5.82 Å². The third kappa shape index (κ3) is 1.99. The molecular weight excluding hydrogens is 253 g/mol. The van der Waals surface area contributed by atoms with Gasteiger partial charge in [0.25, 0.3) is 0 Å². The Morgan fingerprint density at radius 3 is 2.90 bits per heavy atom. The molecule has 1 aromatic heterocycles. The van der Waals surface area contributed by atoms with Gasteiger partial charge in [0.1, 0.15) is 11.6 Å². The van der Waals surface area contributed by atoms with Crippen LogP contribution in [0.25, 0.3) is 0 Å². The number of nitrogens with zero attached hydrogens (tertiary/aromatic N) is 2. The number of halogens is 1. The van der Waals surface area contributed by atoms with E-state index in [1.165, 1.54) is 5.56 Å². The summed E-state index contributed by atoms with van der Waals surface area (Å²) >= 11 is 0. The van der Waals surface area contributed by atoms with Crippen molar-refractivity contribution in [2.75, 3.05) is 11.9 Å². The first-order valence-electron chi connectivity index (χ1n) is 7.19. The quantitative estimate of drug-likeness (QED) is 0.906. The summed E-state index contributed by atoms with van der Waals surface area (Å²) < 4.78 is 15.8. The molecule has 0 amide bonds. The minimum absolute atomic E-state index is 0.125. The second-order valence-corrected chi connectivity index (χ2v) is 5.46. The van der Waals surface area contributed by atoms with Gasteiger partial charge in [-0.3, -0.25) is 0 Å². The molecule has 2 heterocycles. The van der Waals surface area contributed by atoms with E-state index >= 15 is 0 Å². The summed E-state index contributed by atoms with van der Waals surface area (Å²) in [6.45, 7) is 6.90. The Hall–Kier alpha value is -1.84. The van der Waals surface area contributed by atoms with Gasteiger partial charge in [0, 0.05) is 12.1 Å². The van der Waals surface area contributed by atoms with Crippen molar-refractivity contribution in [2.45, 2.75) is 39.7 Å². The van der Waals surface area contributed by atoms with Crippen molar-refractivity contribution in [3.8, 4) is 0 Å². The van der Waals surface area contributed by atoms with Gasteiger partial charge in [0.05, 0.1) is 11.7 Å². The summed E-state index contributed by atoms with van der Waals surface area (Å²) in [5, 5.41) is 8.13. The van der Waals surface area contributed by atoms with Gasteiger partial charge in [-0.25, -0.2) is 9.07 Å². The lowest BCUT2D eigenvalue weighted by Gasteiger charge is -2.26. The van der Waals surface area contributed by atoms with Crippen LogP contribution in [0, 0.1) is 19.7 Å². The van der Waals surface area contributed by atoms with Gasteiger partial charge in [-0.1, -0.05) is 19.1 Å². The molecule has 1 aliphatic rings. The predicted molar refractivity (Wildman–Crippen MR) is 78.7 cm³/mol. The first-order valence-corrected chi connectivity index (χ1v) is 7.19. The van der Waals surface area contributed by atoms with Crippen molar-refractivity contribution in [1.82, 2.24) is 9.78 Å². The lowest BCUT2D eigenvalue weighted by atomic mass is 10.0. The van der Waals surface area contributed by atoms with Crippen molar-refractivity contribution in [3.63, 3.8) is 0 Å². The SMILES string of the molecule is CCc1nn2c(c1C)NCCC2c1ccc(C)c(F)c1. The molecule has 0 radical (unpaired) electrons. The number of hydrogen-bond acceptors (Lipinski definition) is 2. The Kier molecular flexibility index (Phi) is 3.24. The number of aromatic nitrogens is 2. The molecule has 3 rings (SSSR count). The van der Waals surface area contributed by atoms with Crippen molar-refractivity contribution < 1.29 is 4.39 Å². The maximum absolute atomic E-state index is 13.8. The van der Waals surface area contributed by atoms with E-state index in [1.807, 2.05) is 16.8 Å². The van der Waals surface area contributed by atoms with Gasteiger partial charge < -0.3 is 5.32 Å². The van der Waals surface area contributed by atoms with Crippen molar-refractivity contribution in [2.24, 2.45) is 0 Å². The Labute approximate surface area is 118 Å². The Balaban J connectivity index is 2.07. The number of rotatable bonds is 2. The molecule has 1 N–H and O–H groups in total. The second-order valence-electron chi connectivity index (χ2n) is 5.46. The van der Waals surface area contributed by atoms with Crippen LogP contribution in [-0.2, 0) is 6.42 Å². The maximum atomic E-state index is 13.8. The van der Waals surface area contributed by atoms with E-state index in [1.54, 1.807) is 13.0 Å². The average molecular weight is 273 g/mol. The van der Waals surface area contributed by atoms with E-state index in [0.717, 1.165) is 36.5 Å². The molecule has 1 aliphatic heterocycles. The summed E-state index contributed by atoms with van der Waals surface area (Å²) in [4.78, 5) is 0. The van der Waals surface area contributed by atoms with Crippen LogP contribution in [-0.4, -0.2) is 16.3 Å². The first kappa shape index (κ1) is 13.2. The Morgan fingerprint density at radius 1 is 1.40 bits per heavy atom. The molecule has 1 unspecified atom stereocenters. The highest BCUT2D eigenvalue weighted by Crippen LogP contribution is 2.33. The zero-order valence-electron chi connectivity index (χ0n) is 12.2. The van der Waals surface area contributed by atoms with Crippen molar-refractivity contribution in [1.29, 1.82) is 0 Å². The van der Waals surface area contributed by atoms with Crippen molar-refractivity contribution in [3.05, 3.63) is 46.4 Å². The number of hydrogen-bond donors (Lipinski definition) is 1. The largest absolute Gasteiger partial charge is 0.370 e. The zero-order valence-corrected chi connectivity index (χ0v) is 12.2. The number of benzene rings is 1. The highest BCUT2D eigenvalue weighted by Gasteiger charge is 2.25. The maximum Gasteiger partial charge on any atom is 0.128 e. The number of anilines is 1. The molecule has 0 bridgehead atoms. The molecule has 20 heavy (non-hydrogen) atoms. The summed E-state index contributed by atoms with van der Waals surface area (Å²) in [5.74, 6) is 0.946. The second kappa shape index (κ2) is 4.93. The number of nitrogens with one attached hydrogen (secondary N) is 1. The smallest absolute Gasteiger partial charge is 0.128 e. The summed E-state index contributed by atoms with van der Waals surface area (Å²) in [6.07, 6.45) is 1.85. The van der Waals surface area contributed by atoms with E-state index in [9.17, 15) is 4.39 Å². The van der Waals surface area contributed by atoms with Crippen LogP contribution in [0.3, 0.4) is 0 Å². The van der Waals surface area contributed by atoms with Gasteiger partial charge in [-0.15, -0.1) is 0 Å². The molecule has 0 aliphatic carbocycles. The minimum Gasteiger partial charge on any atom is -0.370 e. The normalized spacial score (nSPS) is 17.7. The third-order valence-corrected chi connectivity index (χ3v) is 4.17. The molecule has 0 saturated carbocycles.